The molecule has 0 spiro atoms. The van der Waals surface area contributed by atoms with Crippen molar-refractivity contribution < 1.29 is 9.53 Å². The molecule has 5 heteroatoms. The van der Waals surface area contributed by atoms with Crippen molar-refractivity contribution in [2.75, 3.05) is 6.61 Å². The van der Waals surface area contributed by atoms with Gasteiger partial charge in [0.2, 0.25) is 0 Å². The van der Waals surface area contributed by atoms with Crippen molar-refractivity contribution in [1.29, 1.82) is 10.5 Å². The van der Waals surface area contributed by atoms with Crippen molar-refractivity contribution >= 4 is 5.97 Å². The number of hydrogen-bond acceptors (Lipinski definition) is 4. The summed E-state index contributed by atoms with van der Waals surface area (Å²) in [5.41, 5.74) is 3.90. The van der Waals surface area contributed by atoms with Crippen LogP contribution in [0.2, 0.25) is 0 Å². The highest BCUT2D eigenvalue weighted by molar-refractivity contribution is 5.89. The van der Waals surface area contributed by atoms with E-state index < -0.39 is 0 Å². The second-order valence-electron chi connectivity index (χ2n) is 5.56. The molecule has 1 aromatic heterocycles. The third-order valence-electron chi connectivity index (χ3n) is 3.93. The number of aromatic nitrogens is 1. The van der Waals surface area contributed by atoms with Gasteiger partial charge in [0.25, 0.3) is 0 Å². The summed E-state index contributed by atoms with van der Waals surface area (Å²) in [6.45, 7) is 2.09. The smallest absolute Gasteiger partial charge is 0.338 e. The maximum atomic E-state index is 11.7. The van der Waals surface area contributed by atoms with E-state index in [1.165, 1.54) is 0 Å². The lowest BCUT2D eigenvalue weighted by molar-refractivity contribution is 0.0526. The first-order valence-electron chi connectivity index (χ1n) is 8.06. The van der Waals surface area contributed by atoms with Gasteiger partial charge in [-0.2, -0.15) is 10.5 Å². The number of benzene rings is 2. The van der Waals surface area contributed by atoms with Crippen LogP contribution in [0.5, 0.6) is 0 Å². The highest BCUT2D eigenvalue weighted by Crippen LogP contribution is 2.27. The van der Waals surface area contributed by atoms with Crippen LogP contribution in [0.1, 0.15) is 28.4 Å². The van der Waals surface area contributed by atoms with Crippen molar-refractivity contribution in [3.63, 3.8) is 0 Å². The normalized spacial score (nSPS) is 9.96. The van der Waals surface area contributed by atoms with Gasteiger partial charge in [0.15, 0.2) is 0 Å². The number of nitrogens with zero attached hydrogens (tertiary/aromatic N) is 3. The van der Waals surface area contributed by atoms with Gasteiger partial charge in [0.05, 0.1) is 29.4 Å². The van der Waals surface area contributed by atoms with E-state index in [0.717, 1.165) is 16.8 Å². The first-order chi connectivity index (χ1) is 12.7. The van der Waals surface area contributed by atoms with E-state index in [1.807, 2.05) is 16.8 Å². The number of carbonyl (C=O) groups is 1. The van der Waals surface area contributed by atoms with E-state index in [-0.39, 0.29) is 5.97 Å². The first kappa shape index (κ1) is 17.0. The molecule has 5 nitrogen and oxygen atoms in total. The van der Waals surface area contributed by atoms with Gasteiger partial charge in [-0.25, -0.2) is 4.79 Å². The van der Waals surface area contributed by atoms with E-state index in [2.05, 4.69) is 12.1 Å². The third kappa shape index (κ3) is 3.33. The van der Waals surface area contributed by atoms with Gasteiger partial charge in [0, 0.05) is 23.6 Å². The zero-order valence-electron chi connectivity index (χ0n) is 14.1. The van der Waals surface area contributed by atoms with Gasteiger partial charge < -0.3 is 9.30 Å². The standard InChI is InChI=1S/C21H15N3O2/c1-2-26-21(25)16-6-8-19(9-7-16)24-13-18(12-23)20(14-24)17-5-3-4-15(10-17)11-22/h3-10,13-14H,2H2,1H3. The summed E-state index contributed by atoms with van der Waals surface area (Å²) in [4.78, 5) is 11.7. The van der Waals surface area contributed by atoms with E-state index in [0.29, 0.717) is 23.3 Å². The van der Waals surface area contributed by atoms with Crippen LogP contribution >= 0.6 is 0 Å². The fourth-order valence-corrected chi connectivity index (χ4v) is 2.66. The Kier molecular flexibility index (Phi) is 4.83. The fraction of sp³-hybridized carbons (Fsp3) is 0.0952. The zero-order chi connectivity index (χ0) is 18.5. The van der Waals surface area contributed by atoms with Crippen LogP contribution in [0, 0.1) is 22.7 Å². The lowest BCUT2D eigenvalue weighted by atomic mass is 10.0. The van der Waals surface area contributed by atoms with Crippen LogP contribution < -0.4 is 0 Å². The summed E-state index contributed by atoms with van der Waals surface area (Å²) in [6.07, 6.45) is 3.57. The molecule has 1 heterocycles. The molecule has 0 atom stereocenters. The summed E-state index contributed by atoms with van der Waals surface area (Å²) in [5, 5.41) is 18.5. The molecule has 0 aliphatic heterocycles. The number of rotatable bonds is 4. The van der Waals surface area contributed by atoms with Crippen LogP contribution in [-0.4, -0.2) is 17.1 Å². The Labute approximate surface area is 151 Å². The zero-order valence-corrected chi connectivity index (χ0v) is 14.1. The SMILES string of the molecule is CCOC(=O)c1ccc(-n2cc(C#N)c(-c3cccc(C#N)c3)c2)cc1. The molecule has 126 valence electrons. The van der Waals surface area contributed by atoms with E-state index in [9.17, 15) is 10.1 Å². The van der Waals surface area contributed by atoms with Crippen LogP contribution in [0.25, 0.3) is 16.8 Å². The highest BCUT2D eigenvalue weighted by Gasteiger charge is 2.11. The molecule has 0 N–H and O–H groups in total. The van der Waals surface area contributed by atoms with Gasteiger partial charge >= 0.3 is 5.97 Å². The highest BCUT2D eigenvalue weighted by atomic mass is 16.5. The van der Waals surface area contributed by atoms with Crippen molar-refractivity contribution in [3.05, 3.63) is 77.6 Å². The summed E-state index contributed by atoms with van der Waals surface area (Å²) in [7, 11) is 0. The summed E-state index contributed by atoms with van der Waals surface area (Å²) in [6, 6.07) is 18.4. The average molecular weight is 341 g/mol. The minimum atomic E-state index is -0.363. The number of esters is 1. The molecule has 0 bridgehead atoms. The molecule has 0 unspecified atom stereocenters. The average Bonchev–Trinajstić information content (AvgIpc) is 3.13. The van der Waals surface area contributed by atoms with Crippen molar-refractivity contribution in [3.8, 4) is 29.0 Å². The second kappa shape index (κ2) is 7.38. The third-order valence-corrected chi connectivity index (χ3v) is 3.93. The predicted octanol–water partition coefficient (Wildman–Crippen LogP) is 4.06. The molecule has 0 saturated heterocycles. The Morgan fingerprint density at radius 2 is 1.85 bits per heavy atom. The molecular formula is C21H15N3O2. The summed E-state index contributed by atoms with van der Waals surface area (Å²) in [5.74, 6) is -0.363. The van der Waals surface area contributed by atoms with E-state index in [1.54, 1.807) is 55.6 Å². The molecule has 2 aromatic carbocycles. The Morgan fingerprint density at radius 3 is 2.50 bits per heavy atom. The predicted molar refractivity (Wildman–Crippen MR) is 96.6 cm³/mol. The second-order valence-corrected chi connectivity index (χ2v) is 5.56. The van der Waals surface area contributed by atoms with Crippen molar-refractivity contribution in [1.82, 2.24) is 4.57 Å². The Hall–Kier alpha value is -3.83. The summed E-state index contributed by atoms with van der Waals surface area (Å²) >= 11 is 0. The first-order valence-corrected chi connectivity index (χ1v) is 8.06. The Morgan fingerprint density at radius 1 is 1.08 bits per heavy atom. The summed E-state index contributed by atoms with van der Waals surface area (Å²) < 4.78 is 6.80. The monoisotopic (exact) mass is 341 g/mol. The minimum absolute atomic E-state index is 0.328. The van der Waals surface area contributed by atoms with E-state index >= 15 is 0 Å². The van der Waals surface area contributed by atoms with Crippen molar-refractivity contribution in [2.24, 2.45) is 0 Å². The molecular weight excluding hydrogens is 326 g/mol. The number of hydrogen-bond donors (Lipinski definition) is 0. The molecule has 3 aromatic rings. The van der Waals surface area contributed by atoms with Crippen LogP contribution in [-0.2, 0) is 4.74 Å². The molecule has 0 saturated carbocycles. The van der Waals surface area contributed by atoms with Crippen LogP contribution in [0.3, 0.4) is 0 Å². The molecule has 0 aliphatic carbocycles. The Balaban J connectivity index is 1.98. The largest absolute Gasteiger partial charge is 0.462 e. The Bertz CT molecular complexity index is 1030. The van der Waals surface area contributed by atoms with Gasteiger partial charge in [0.1, 0.15) is 6.07 Å². The van der Waals surface area contributed by atoms with Crippen LogP contribution in [0.4, 0.5) is 0 Å². The topological polar surface area (TPSA) is 78.8 Å². The number of ether oxygens (including phenoxy) is 1. The van der Waals surface area contributed by atoms with Crippen molar-refractivity contribution in [2.45, 2.75) is 6.92 Å². The van der Waals surface area contributed by atoms with Gasteiger partial charge in [-0.05, 0) is 48.9 Å². The molecule has 26 heavy (non-hydrogen) atoms. The van der Waals surface area contributed by atoms with Crippen LogP contribution in [0.15, 0.2) is 60.9 Å². The maximum Gasteiger partial charge on any atom is 0.338 e. The lowest BCUT2D eigenvalue weighted by Gasteiger charge is -2.05. The molecule has 3 rings (SSSR count). The number of nitriles is 2. The van der Waals surface area contributed by atoms with Gasteiger partial charge in [-0.3, -0.25) is 0 Å². The molecule has 0 aliphatic rings. The van der Waals surface area contributed by atoms with Gasteiger partial charge in [-0.15, -0.1) is 0 Å². The number of carbonyl (C=O) groups excluding carboxylic acids is 1. The van der Waals surface area contributed by atoms with Gasteiger partial charge in [-0.1, -0.05) is 12.1 Å². The van der Waals surface area contributed by atoms with E-state index in [4.69, 9.17) is 10.00 Å². The molecule has 0 fully saturated rings. The minimum Gasteiger partial charge on any atom is -0.462 e. The maximum absolute atomic E-state index is 11.7. The molecule has 0 radical (unpaired) electrons. The fourth-order valence-electron chi connectivity index (χ4n) is 2.66. The quantitative estimate of drug-likeness (QED) is 0.670. The lowest BCUT2D eigenvalue weighted by Crippen LogP contribution is -2.04. The molecule has 0 amide bonds.